The summed E-state index contributed by atoms with van der Waals surface area (Å²) in [6, 6.07) is 10.5. The number of rotatable bonds is 8. The number of ether oxygens (including phenoxy) is 1. The third-order valence-electron chi connectivity index (χ3n) is 3.70. The van der Waals surface area contributed by atoms with Gasteiger partial charge in [-0.3, -0.25) is 16.0 Å². The summed E-state index contributed by atoms with van der Waals surface area (Å²) in [4.78, 5) is 0. The number of nitrogens with one attached hydrogen (secondary N) is 1. The number of benzene rings is 1. The SMILES string of the molecule is CCn1ncc(OC)c1C(CCCc1ccccc1)NN. The third kappa shape index (κ3) is 3.83. The molecule has 0 aliphatic heterocycles. The van der Waals surface area contributed by atoms with Crippen LogP contribution in [0.1, 0.15) is 37.1 Å². The maximum atomic E-state index is 5.74. The van der Waals surface area contributed by atoms with Gasteiger partial charge in [0.2, 0.25) is 0 Å². The quantitative estimate of drug-likeness (QED) is 0.578. The molecule has 0 bridgehead atoms. The Labute approximate surface area is 126 Å². The van der Waals surface area contributed by atoms with Crippen molar-refractivity contribution < 1.29 is 4.74 Å². The Hall–Kier alpha value is -1.85. The van der Waals surface area contributed by atoms with E-state index in [0.717, 1.165) is 37.3 Å². The molecule has 1 aromatic heterocycles. The molecule has 0 radical (unpaired) electrons. The Morgan fingerprint density at radius 3 is 2.71 bits per heavy atom. The van der Waals surface area contributed by atoms with Crippen molar-refractivity contribution in [3.05, 3.63) is 47.8 Å². The van der Waals surface area contributed by atoms with Crippen molar-refractivity contribution in [3.8, 4) is 5.75 Å². The smallest absolute Gasteiger partial charge is 0.161 e. The number of aromatic nitrogens is 2. The molecule has 3 N–H and O–H groups in total. The predicted octanol–water partition coefficient (Wildman–Crippen LogP) is 2.44. The zero-order chi connectivity index (χ0) is 15.1. The molecule has 0 spiro atoms. The van der Waals surface area contributed by atoms with Gasteiger partial charge >= 0.3 is 0 Å². The number of hydrogen-bond donors (Lipinski definition) is 2. The second-order valence-electron chi connectivity index (χ2n) is 5.01. The summed E-state index contributed by atoms with van der Waals surface area (Å²) in [5.41, 5.74) is 5.27. The van der Waals surface area contributed by atoms with Crippen LogP contribution in [0.5, 0.6) is 5.75 Å². The highest BCUT2D eigenvalue weighted by Gasteiger charge is 2.20. The lowest BCUT2D eigenvalue weighted by Gasteiger charge is -2.18. The third-order valence-corrected chi connectivity index (χ3v) is 3.70. The molecule has 0 aliphatic rings. The van der Waals surface area contributed by atoms with Crippen LogP contribution in [0.4, 0.5) is 0 Å². The molecule has 1 aromatic carbocycles. The lowest BCUT2D eigenvalue weighted by molar-refractivity contribution is 0.384. The average Bonchev–Trinajstić information content (AvgIpc) is 2.95. The summed E-state index contributed by atoms with van der Waals surface area (Å²) in [6.45, 7) is 2.86. The van der Waals surface area contributed by atoms with E-state index in [4.69, 9.17) is 10.6 Å². The Morgan fingerprint density at radius 1 is 1.33 bits per heavy atom. The molecule has 2 aromatic rings. The molecular weight excluding hydrogens is 264 g/mol. The maximum Gasteiger partial charge on any atom is 0.161 e. The molecule has 1 atom stereocenters. The monoisotopic (exact) mass is 288 g/mol. The van der Waals surface area contributed by atoms with E-state index >= 15 is 0 Å². The van der Waals surface area contributed by atoms with Gasteiger partial charge in [-0.25, -0.2) is 0 Å². The van der Waals surface area contributed by atoms with Gasteiger partial charge in [0.15, 0.2) is 5.75 Å². The van der Waals surface area contributed by atoms with Crippen molar-refractivity contribution in [3.63, 3.8) is 0 Å². The lowest BCUT2D eigenvalue weighted by atomic mass is 10.0. The minimum atomic E-state index is 0.0473. The Balaban J connectivity index is 2.01. The maximum absolute atomic E-state index is 5.74. The van der Waals surface area contributed by atoms with Gasteiger partial charge in [-0.1, -0.05) is 30.3 Å². The Bertz CT molecular complexity index is 517. The van der Waals surface area contributed by atoms with Gasteiger partial charge in [0.1, 0.15) is 0 Å². The van der Waals surface area contributed by atoms with Crippen molar-refractivity contribution >= 4 is 0 Å². The van der Waals surface area contributed by atoms with E-state index < -0.39 is 0 Å². The van der Waals surface area contributed by atoms with Gasteiger partial charge in [0, 0.05) is 6.54 Å². The van der Waals surface area contributed by atoms with Crippen LogP contribution >= 0.6 is 0 Å². The molecule has 0 fully saturated rings. The van der Waals surface area contributed by atoms with Crippen molar-refractivity contribution in [2.24, 2.45) is 5.84 Å². The van der Waals surface area contributed by atoms with Crippen LogP contribution in [-0.4, -0.2) is 16.9 Å². The fraction of sp³-hybridized carbons (Fsp3) is 0.438. The Kier molecular flexibility index (Phi) is 5.78. The first-order chi connectivity index (χ1) is 10.3. The van der Waals surface area contributed by atoms with Gasteiger partial charge in [-0.15, -0.1) is 0 Å². The van der Waals surface area contributed by atoms with Gasteiger partial charge in [-0.05, 0) is 31.7 Å². The standard InChI is InChI=1S/C16H24N4O/c1-3-20-16(15(21-2)12-18-20)14(19-17)11-7-10-13-8-5-4-6-9-13/h4-6,8-9,12,14,19H,3,7,10-11,17H2,1-2H3. The molecule has 114 valence electrons. The average molecular weight is 288 g/mol. The van der Waals surface area contributed by atoms with Crippen molar-refractivity contribution in [2.45, 2.75) is 38.8 Å². The first-order valence-corrected chi connectivity index (χ1v) is 7.39. The fourth-order valence-electron chi connectivity index (χ4n) is 2.59. The first-order valence-electron chi connectivity index (χ1n) is 7.39. The number of methoxy groups -OCH3 is 1. The molecule has 5 nitrogen and oxygen atoms in total. The molecule has 0 saturated heterocycles. The number of hydrazine groups is 1. The minimum absolute atomic E-state index is 0.0473. The zero-order valence-electron chi connectivity index (χ0n) is 12.7. The first kappa shape index (κ1) is 15.5. The summed E-state index contributed by atoms with van der Waals surface area (Å²) >= 11 is 0. The molecule has 21 heavy (non-hydrogen) atoms. The van der Waals surface area contributed by atoms with Crippen LogP contribution in [0.3, 0.4) is 0 Å². The lowest BCUT2D eigenvalue weighted by Crippen LogP contribution is -2.30. The van der Waals surface area contributed by atoms with E-state index in [-0.39, 0.29) is 6.04 Å². The van der Waals surface area contributed by atoms with Gasteiger partial charge in [-0.2, -0.15) is 5.10 Å². The minimum Gasteiger partial charge on any atom is -0.493 e. The van der Waals surface area contributed by atoms with Crippen LogP contribution in [0.2, 0.25) is 0 Å². The summed E-state index contributed by atoms with van der Waals surface area (Å²) in [7, 11) is 1.66. The molecule has 1 heterocycles. The van der Waals surface area contributed by atoms with Gasteiger partial charge in [0.25, 0.3) is 0 Å². The molecular formula is C16H24N4O. The number of nitrogens with zero attached hydrogens (tertiary/aromatic N) is 2. The Morgan fingerprint density at radius 2 is 2.10 bits per heavy atom. The molecule has 0 amide bonds. The summed E-state index contributed by atoms with van der Waals surface area (Å²) in [6.07, 6.45) is 4.78. The predicted molar refractivity (Wildman–Crippen MR) is 83.9 cm³/mol. The van der Waals surface area contributed by atoms with Crippen LogP contribution < -0.4 is 16.0 Å². The number of nitrogens with two attached hydrogens (primary N) is 1. The van der Waals surface area contributed by atoms with E-state index in [9.17, 15) is 0 Å². The van der Waals surface area contributed by atoms with Crippen LogP contribution in [-0.2, 0) is 13.0 Å². The zero-order valence-corrected chi connectivity index (χ0v) is 12.7. The van der Waals surface area contributed by atoms with Crippen molar-refractivity contribution in [1.82, 2.24) is 15.2 Å². The summed E-state index contributed by atoms with van der Waals surface area (Å²) < 4.78 is 7.33. The largest absolute Gasteiger partial charge is 0.493 e. The van der Waals surface area contributed by atoms with E-state index in [1.807, 2.05) is 10.7 Å². The van der Waals surface area contributed by atoms with Crippen LogP contribution in [0.25, 0.3) is 0 Å². The molecule has 0 aliphatic carbocycles. The highest BCUT2D eigenvalue weighted by Crippen LogP contribution is 2.28. The molecule has 5 heteroatoms. The molecule has 2 rings (SSSR count). The number of hydrogen-bond acceptors (Lipinski definition) is 4. The fourth-order valence-corrected chi connectivity index (χ4v) is 2.59. The second-order valence-corrected chi connectivity index (χ2v) is 5.01. The summed E-state index contributed by atoms with van der Waals surface area (Å²) in [5, 5.41) is 4.34. The second kappa shape index (κ2) is 7.81. The van der Waals surface area contributed by atoms with Gasteiger partial charge in [0.05, 0.1) is 25.0 Å². The van der Waals surface area contributed by atoms with Crippen LogP contribution in [0.15, 0.2) is 36.5 Å². The van der Waals surface area contributed by atoms with Crippen molar-refractivity contribution in [2.75, 3.05) is 7.11 Å². The summed E-state index contributed by atoms with van der Waals surface area (Å²) in [5.74, 6) is 6.54. The van der Waals surface area contributed by atoms with Crippen molar-refractivity contribution in [1.29, 1.82) is 0 Å². The molecule has 1 unspecified atom stereocenters. The highest BCUT2D eigenvalue weighted by atomic mass is 16.5. The molecule has 0 saturated carbocycles. The van der Waals surface area contributed by atoms with Gasteiger partial charge < -0.3 is 4.74 Å². The van der Waals surface area contributed by atoms with E-state index in [1.54, 1.807) is 13.3 Å². The van der Waals surface area contributed by atoms with Crippen LogP contribution in [0, 0.1) is 0 Å². The highest BCUT2D eigenvalue weighted by molar-refractivity contribution is 5.28. The van der Waals surface area contributed by atoms with E-state index in [1.165, 1.54) is 5.56 Å². The topological polar surface area (TPSA) is 65.1 Å². The van der Waals surface area contributed by atoms with E-state index in [0.29, 0.717) is 0 Å². The van der Waals surface area contributed by atoms with E-state index in [2.05, 4.69) is 41.7 Å². The normalized spacial score (nSPS) is 12.3. The number of aryl methyl sites for hydroxylation is 2.